The summed E-state index contributed by atoms with van der Waals surface area (Å²) in [4.78, 5) is 2.53. The summed E-state index contributed by atoms with van der Waals surface area (Å²) in [5.41, 5.74) is 5.61. The van der Waals surface area contributed by atoms with Gasteiger partial charge in [-0.05, 0) is 31.7 Å². The van der Waals surface area contributed by atoms with Gasteiger partial charge in [-0.2, -0.15) is 0 Å². The topological polar surface area (TPSA) is 38.5 Å². The molecule has 0 saturated heterocycles. The van der Waals surface area contributed by atoms with Crippen molar-refractivity contribution < 1.29 is 4.74 Å². The first-order valence-corrected chi connectivity index (χ1v) is 6.25. The molecule has 1 saturated carbocycles. The molecule has 15 heavy (non-hydrogen) atoms. The summed E-state index contributed by atoms with van der Waals surface area (Å²) in [6.07, 6.45) is 5.60. The molecule has 1 fully saturated rings. The molecule has 1 rings (SSSR count). The molecular formula is C12H26N2O. The molecule has 1 unspecified atom stereocenters. The van der Waals surface area contributed by atoms with Crippen LogP contribution in [0.25, 0.3) is 0 Å². The van der Waals surface area contributed by atoms with Gasteiger partial charge in [0.2, 0.25) is 0 Å². The lowest BCUT2D eigenvalue weighted by Gasteiger charge is -2.32. The lowest BCUT2D eigenvalue weighted by Crippen LogP contribution is -2.35. The monoisotopic (exact) mass is 214 g/mol. The third-order valence-electron chi connectivity index (χ3n) is 3.55. The first-order valence-electron chi connectivity index (χ1n) is 6.25. The highest BCUT2D eigenvalue weighted by Gasteiger charge is 2.20. The van der Waals surface area contributed by atoms with Gasteiger partial charge in [0.05, 0.1) is 6.10 Å². The van der Waals surface area contributed by atoms with Crippen molar-refractivity contribution in [2.24, 2.45) is 11.7 Å². The molecule has 1 atom stereocenters. The number of ether oxygens (including phenoxy) is 1. The van der Waals surface area contributed by atoms with Gasteiger partial charge in [-0.1, -0.05) is 13.3 Å². The Balaban J connectivity index is 2.14. The number of hydrogen-bond acceptors (Lipinski definition) is 3. The first kappa shape index (κ1) is 12.9. The fourth-order valence-corrected chi connectivity index (χ4v) is 2.08. The Morgan fingerprint density at radius 2 is 2.20 bits per heavy atom. The fraction of sp³-hybridized carbons (Fsp3) is 1.00. The number of nitrogens with zero attached hydrogens (tertiary/aromatic N) is 1. The molecule has 3 nitrogen and oxygen atoms in total. The van der Waals surface area contributed by atoms with Crippen LogP contribution in [0.15, 0.2) is 0 Å². The van der Waals surface area contributed by atoms with E-state index in [0.717, 1.165) is 25.4 Å². The Morgan fingerprint density at radius 1 is 1.47 bits per heavy atom. The van der Waals surface area contributed by atoms with Gasteiger partial charge in [0.15, 0.2) is 0 Å². The van der Waals surface area contributed by atoms with E-state index in [0.29, 0.717) is 6.54 Å². The van der Waals surface area contributed by atoms with Crippen LogP contribution >= 0.6 is 0 Å². The van der Waals surface area contributed by atoms with Gasteiger partial charge in [0.1, 0.15) is 0 Å². The van der Waals surface area contributed by atoms with E-state index in [9.17, 15) is 0 Å². The largest absolute Gasteiger partial charge is 0.380 e. The normalized spacial score (nSPS) is 19.2. The number of hydrogen-bond donors (Lipinski definition) is 1. The van der Waals surface area contributed by atoms with Crippen molar-refractivity contribution >= 4 is 0 Å². The second-order valence-corrected chi connectivity index (χ2v) is 4.57. The molecular weight excluding hydrogens is 188 g/mol. The lowest BCUT2D eigenvalue weighted by molar-refractivity contribution is 0.0841. The molecule has 0 heterocycles. The van der Waals surface area contributed by atoms with E-state index in [1.165, 1.54) is 25.8 Å². The predicted molar refractivity (Wildman–Crippen MR) is 63.9 cm³/mol. The van der Waals surface area contributed by atoms with E-state index in [1.54, 1.807) is 7.11 Å². The minimum Gasteiger partial charge on any atom is -0.380 e. The average Bonchev–Trinajstić information content (AvgIpc) is 2.21. The molecule has 1 aliphatic rings. The van der Waals surface area contributed by atoms with E-state index < -0.39 is 0 Å². The maximum Gasteiger partial charge on any atom is 0.0705 e. The van der Waals surface area contributed by atoms with Crippen molar-refractivity contribution in [3.8, 4) is 0 Å². The smallest absolute Gasteiger partial charge is 0.0705 e. The van der Waals surface area contributed by atoms with Gasteiger partial charge in [-0.25, -0.2) is 0 Å². The van der Waals surface area contributed by atoms with E-state index in [2.05, 4.69) is 11.8 Å². The van der Waals surface area contributed by atoms with Crippen LogP contribution < -0.4 is 5.73 Å². The second-order valence-electron chi connectivity index (χ2n) is 4.57. The zero-order valence-electron chi connectivity index (χ0n) is 10.2. The summed E-state index contributed by atoms with van der Waals surface area (Å²) < 4.78 is 5.29. The molecule has 2 N–H and O–H groups in total. The van der Waals surface area contributed by atoms with Crippen molar-refractivity contribution in [3.63, 3.8) is 0 Å². The fourth-order valence-electron chi connectivity index (χ4n) is 2.08. The Bertz CT molecular complexity index is 156. The lowest BCUT2D eigenvalue weighted by atomic mass is 9.85. The van der Waals surface area contributed by atoms with Gasteiger partial charge in [0.25, 0.3) is 0 Å². The highest BCUT2D eigenvalue weighted by atomic mass is 16.5. The highest BCUT2D eigenvalue weighted by molar-refractivity contribution is 4.74. The Labute approximate surface area is 94.0 Å². The second kappa shape index (κ2) is 7.20. The summed E-state index contributed by atoms with van der Waals surface area (Å²) in [6.45, 7) is 6.43. The molecule has 0 radical (unpaired) electrons. The molecule has 0 aromatic rings. The Morgan fingerprint density at radius 3 is 2.60 bits per heavy atom. The van der Waals surface area contributed by atoms with Crippen LogP contribution in [-0.4, -0.2) is 44.3 Å². The standard InChI is InChI=1S/C12H26N2O/c1-3-14(10-11-5-4-6-11)8-7-12(9-13)15-2/h11-12H,3-10,13H2,1-2H3. The molecule has 0 amide bonds. The highest BCUT2D eigenvalue weighted by Crippen LogP contribution is 2.27. The zero-order chi connectivity index (χ0) is 11.1. The van der Waals surface area contributed by atoms with E-state index in [1.807, 2.05) is 0 Å². The summed E-state index contributed by atoms with van der Waals surface area (Å²) in [5.74, 6) is 0.962. The third kappa shape index (κ3) is 4.49. The first-order chi connectivity index (χ1) is 7.30. The summed E-state index contributed by atoms with van der Waals surface area (Å²) in [7, 11) is 1.75. The third-order valence-corrected chi connectivity index (χ3v) is 3.55. The van der Waals surface area contributed by atoms with Crippen LogP contribution in [0.5, 0.6) is 0 Å². The van der Waals surface area contributed by atoms with Gasteiger partial charge >= 0.3 is 0 Å². The molecule has 3 heteroatoms. The van der Waals surface area contributed by atoms with Crippen molar-refractivity contribution in [2.75, 3.05) is 33.3 Å². The van der Waals surface area contributed by atoms with Gasteiger partial charge < -0.3 is 15.4 Å². The summed E-state index contributed by atoms with van der Waals surface area (Å²) in [6, 6.07) is 0. The van der Waals surface area contributed by atoms with Crippen LogP contribution in [0, 0.1) is 5.92 Å². The molecule has 0 aliphatic heterocycles. The van der Waals surface area contributed by atoms with E-state index in [4.69, 9.17) is 10.5 Å². The van der Waals surface area contributed by atoms with Crippen molar-refractivity contribution in [1.82, 2.24) is 4.90 Å². The minimum atomic E-state index is 0.237. The van der Waals surface area contributed by atoms with Crippen LogP contribution in [0.2, 0.25) is 0 Å². The number of methoxy groups -OCH3 is 1. The summed E-state index contributed by atoms with van der Waals surface area (Å²) in [5, 5.41) is 0. The van der Waals surface area contributed by atoms with Crippen LogP contribution in [-0.2, 0) is 4.74 Å². The van der Waals surface area contributed by atoms with Crippen LogP contribution in [0.1, 0.15) is 32.6 Å². The molecule has 0 spiro atoms. The summed E-state index contributed by atoms with van der Waals surface area (Å²) >= 11 is 0. The zero-order valence-corrected chi connectivity index (χ0v) is 10.2. The Hall–Kier alpha value is -0.120. The molecule has 1 aliphatic carbocycles. The van der Waals surface area contributed by atoms with Crippen molar-refractivity contribution in [1.29, 1.82) is 0 Å². The molecule has 0 aromatic heterocycles. The quantitative estimate of drug-likeness (QED) is 0.665. The number of rotatable bonds is 8. The molecule has 90 valence electrons. The van der Waals surface area contributed by atoms with Gasteiger partial charge in [-0.15, -0.1) is 0 Å². The van der Waals surface area contributed by atoms with Crippen molar-refractivity contribution in [2.45, 2.75) is 38.7 Å². The van der Waals surface area contributed by atoms with E-state index >= 15 is 0 Å². The average molecular weight is 214 g/mol. The Kier molecular flexibility index (Phi) is 6.22. The predicted octanol–water partition coefficient (Wildman–Crippen LogP) is 1.47. The molecule has 0 aromatic carbocycles. The van der Waals surface area contributed by atoms with E-state index in [-0.39, 0.29) is 6.10 Å². The maximum absolute atomic E-state index is 5.61. The van der Waals surface area contributed by atoms with Crippen molar-refractivity contribution in [3.05, 3.63) is 0 Å². The number of nitrogens with two attached hydrogens (primary N) is 1. The van der Waals surface area contributed by atoms with Gasteiger partial charge in [-0.3, -0.25) is 0 Å². The maximum atomic E-state index is 5.61. The minimum absolute atomic E-state index is 0.237. The van der Waals surface area contributed by atoms with Gasteiger partial charge in [0, 0.05) is 26.7 Å². The van der Waals surface area contributed by atoms with Crippen LogP contribution in [0.3, 0.4) is 0 Å². The SMILES string of the molecule is CCN(CCC(CN)OC)CC1CCC1. The van der Waals surface area contributed by atoms with Crippen LogP contribution in [0.4, 0.5) is 0 Å². The molecule has 0 bridgehead atoms.